The van der Waals surface area contributed by atoms with Gasteiger partial charge in [-0.05, 0) is 12.8 Å². The van der Waals surface area contributed by atoms with E-state index in [1.165, 1.54) is 0 Å². The number of hydrogen-bond donors (Lipinski definition) is 2. The third-order valence-corrected chi connectivity index (χ3v) is 2.27. The molecule has 0 heterocycles. The molecule has 0 radical (unpaired) electrons. The Hall–Kier alpha value is -0.340. The van der Waals surface area contributed by atoms with Crippen molar-refractivity contribution in [3.63, 3.8) is 0 Å². The van der Waals surface area contributed by atoms with Crippen LogP contribution < -0.4 is 0 Å². The minimum absolute atomic E-state index is 0.243. The second kappa shape index (κ2) is 3.88. The maximum Gasteiger partial charge on any atom is 0.0627 e. The average Bonchev–Trinajstić information content (AvgIpc) is 2.11. The first-order valence-corrected chi connectivity index (χ1v) is 4.26. The molecule has 0 aromatic rings. The first-order chi connectivity index (χ1) is 5.24. The van der Waals surface area contributed by atoms with Crippen molar-refractivity contribution in [2.24, 2.45) is 5.92 Å². The van der Waals surface area contributed by atoms with E-state index < -0.39 is 0 Å². The molecule has 2 N–H and O–H groups in total. The van der Waals surface area contributed by atoms with Gasteiger partial charge < -0.3 is 10.2 Å². The molecule has 0 bridgehead atoms. The normalized spacial score (nSPS) is 38.6. The Bertz CT molecular complexity index is 142. The quantitative estimate of drug-likeness (QED) is 0.558. The molecule has 0 amide bonds. The maximum atomic E-state index is 9.51. The van der Waals surface area contributed by atoms with Crippen LogP contribution in [0.25, 0.3) is 0 Å². The lowest BCUT2D eigenvalue weighted by Gasteiger charge is -2.17. The number of hydrogen-bond acceptors (Lipinski definition) is 2. The standard InChI is InChI=1S/C9H16O2/c1-2-7-4-3-5-8(10)6-9(7)11/h3-4,7-11H,2,5-6H2,1H3. The lowest BCUT2D eigenvalue weighted by atomic mass is 9.97. The molecule has 0 saturated heterocycles. The van der Waals surface area contributed by atoms with Crippen molar-refractivity contribution >= 4 is 0 Å². The number of aliphatic hydroxyl groups excluding tert-OH is 2. The summed E-state index contributed by atoms with van der Waals surface area (Å²) in [5, 5.41) is 18.8. The Morgan fingerprint density at radius 2 is 2.18 bits per heavy atom. The van der Waals surface area contributed by atoms with Crippen molar-refractivity contribution in [2.45, 2.75) is 38.4 Å². The fourth-order valence-corrected chi connectivity index (χ4v) is 1.50. The summed E-state index contributed by atoms with van der Waals surface area (Å²) in [7, 11) is 0. The van der Waals surface area contributed by atoms with Crippen molar-refractivity contribution in [1.82, 2.24) is 0 Å². The molecule has 11 heavy (non-hydrogen) atoms. The van der Waals surface area contributed by atoms with Crippen molar-refractivity contribution in [3.8, 4) is 0 Å². The van der Waals surface area contributed by atoms with Crippen molar-refractivity contribution in [2.75, 3.05) is 0 Å². The Balaban J connectivity index is 2.54. The summed E-state index contributed by atoms with van der Waals surface area (Å²) in [6.07, 6.45) is 5.44. The highest BCUT2D eigenvalue weighted by molar-refractivity contribution is 4.96. The van der Waals surface area contributed by atoms with E-state index in [2.05, 4.69) is 6.92 Å². The summed E-state index contributed by atoms with van der Waals surface area (Å²) < 4.78 is 0. The molecule has 1 rings (SSSR count). The lowest BCUT2D eigenvalue weighted by Crippen LogP contribution is -2.21. The highest BCUT2D eigenvalue weighted by Gasteiger charge is 2.20. The Morgan fingerprint density at radius 1 is 1.45 bits per heavy atom. The van der Waals surface area contributed by atoms with Crippen LogP contribution in [0.4, 0.5) is 0 Å². The van der Waals surface area contributed by atoms with Crippen molar-refractivity contribution < 1.29 is 10.2 Å². The van der Waals surface area contributed by atoms with E-state index in [9.17, 15) is 10.2 Å². The van der Waals surface area contributed by atoms with Crippen molar-refractivity contribution in [3.05, 3.63) is 12.2 Å². The largest absolute Gasteiger partial charge is 0.393 e. The van der Waals surface area contributed by atoms with E-state index in [-0.39, 0.29) is 18.1 Å². The lowest BCUT2D eigenvalue weighted by molar-refractivity contribution is 0.0618. The van der Waals surface area contributed by atoms with Gasteiger partial charge in [-0.25, -0.2) is 0 Å². The molecular formula is C9H16O2. The van der Waals surface area contributed by atoms with Gasteiger partial charge in [0.2, 0.25) is 0 Å². The monoisotopic (exact) mass is 156 g/mol. The van der Waals surface area contributed by atoms with E-state index in [0.717, 1.165) is 6.42 Å². The second-order valence-electron chi connectivity index (χ2n) is 3.19. The van der Waals surface area contributed by atoms with Gasteiger partial charge in [-0.1, -0.05) is 19.1 Å². The van der Waals surface area contributed by atoms with Crippen molar-refractivity contribution in [1.29, 1.82) is 0 Å². The van der Waals surface area contributed by atoms with Crippen LogP contribution in [0.5, 0.6) is 0 Å². The molecule has 0 fully saturated rings. The number of aliphatic hydroxyl groups is 2. The van der Waals surface area contributed by atoms with Gasteiger partial charge in [-0.15, -0.1) is 0 Å². The van der Waals surface area contributed by atoms with Crippen LogP contribution in [-0.4, -0.2) is 22.4 Å². The summed E-state index contributed by atoms with van der Waals surface area (Å²) in [6, 6.07) is 0. The molecule has 3 unspecified atom stereocenters. The fourth-order valence-electron chi connectivity index (χ4n) is 1.50. The van der Waals surface area contributed by atoms with E-state index in [0.29, 0.717) is 12.8 Å². The van der Waals surface area contributed by atoms with Crippen LogP contribution in [-0.2, 0) is 0 Å². The van der Waals surface area contributed by atoms with Gasteiger partial charge in [-0.2, -0.15) is 0 Å². The molecule has 2 heteroatoms. The molecule has 0 aliphatic heterocycles. The Labute approximate surface area is 67.6 Å². The first kappa shape index (κ1) is 8.75. The molecular weight excluding hydrogens is 140 g/mol. The van der Waals surface area contributed by atoms with Crippen LogP contribution in [0.1, 0.15) is 26.2 Å². The molecule has 0 saturated carbocycles. The summed E-state index contributed by atoms with van der Waals surface area (Å²) in [6.45, 7) is 2.05. The summed E-state index contributed by atoms with van der Waals surface area (Å²) in [5.74, 6) is 0.243. The highest BCUT2D eigenvalue weighted by Crippen LogP contribution is 2.20. The smallest absolute Gasteiger partial charge is 0.0627 e. The van der Waals surface area contributed by atoms with Gasteiger partial charge in [0.1, 0.15) is 0 Å². The van der Waals surface area contributed by atoms with Crippen LogP contribution in [0.15, 0.2) is 12.2 Å². The van der Waals surface area contributed by atoms with Crippen LogP contribution in [0.3, 0.4) is 0 Å². The molecule has 3 atom stereocenters. The third-order valence-electron chi connectivity index (χ3n) is 2.27. The van der Waals surface area contributed by atoms with E-state index in [1.807, 2.05) is 12.2 Å². The Morgan fingerprint density at radius 3 is 2.82 bits per heavy atom. The van der Waals surface area contributed by atoms with Crippen LogP contribution >= 0.6 is 0 Å². The van der Waals surface area contributed by atoms with E-state index in [1.54, 1.807) is 0 Å². The summed E-state index contributed by atoms with van der Waals surface area (Å²) in [5.41, 5.74) is 0. The zero-order valence-corrected chi connectivity index (χ0v) is 6.90. The number of rotatable bonds is 1. The second-order valence-corrected chi connectivity index (χ2v) is 3.19. The predicted molar refractivity (Wildman–Crippen MR) is 44.2 cm³/mol. The highest BCUT2D eigenvalue weighted by atomic mass is 16.3. The summed E-state index contributed by atoms with van der Waals surface area (Å²) >= 11 is 0. The third kappa shape index (κ3) is 2.31. The molecule has 0 spiro atoms. The Kier molecular flexibility index (Phi) is 3.09. The topological polar surface area (TPSA) is 40.5 Å². The maximum absolute atomic E-state index is 9.51. The zero-order valence-electron chi connectivity index (χ0n) is 6.90. The van der Waals surface area contributed by atoms with Gasteiger partial charge in [0.15, 0.2) is 0 Å². The minimum Gasteiger partial charge on any atom is -0.393 e. The molecule has 1 aliphatic rings. The van der Waals surface area contributed by atoms with Gasteiger partial charge in [-0.3, -0.25) is 0 Å². The molecule has 1 aliphatic carbocycles. The molecule has 0 aromatic heterocycles. The van der Waals surface area contributed by atoms with E-state index >= 15 is 0 Å². The van der Waals surface area contributed by atoms with Crippen LogP contribution in [0, 0.1) is 5.92 Å². The van der Waals surface area contributed by atoms with Gasteiger partial charge in [0.25, 0.3) is 0 Å². The van der Waals surface area contributed by atoms with Gasteiger partial charge in [0, 0.05) is 12.3 Å². The average molecular weight is 156 g/mol. The molecule has 0 aromatic carbocycles. The predicted octanol–water partition coefficient (Wildman–Crippen LogP) is 1.08. The minimum atomic E-state index is -0.353. The van der Waals surface area contributed by atoms with E-state index in [4.69, 9.17) is 0 Å². The molecule has 2 nitrogen and oxygen atoms in total. The van der Waals surface area contributed by atoms with Crippen LogP contribution in [0.2, 0.25) is 0 Å². The fraction of sp³-hybridized carbons (Fsp3) is 0.778. The van der Waals surface area contributed by atoms with Gasteiger partial charge in [0.05, 0.1) is 12.2 Å². The van der Waals surface area contributed by atoms with Gasteiger partial charge >= 0.3 is 0 Å². The first-order valence-electron chi connectivity index (χ1n) is 4.26. The molecule has 64 valence electrons. The summed E-state index contributed by atoms with van der Waals surface area (Å²) in [4.78, 5) is 0. The zero-order chi connectivity index (χ0) is 8.27. The SMILES string of the molecule is CCC1C=CCC(O)CC1O.